The zero-order valence-corrected chi connectivity index (χ0v) is 22.5. The molecule has 0 N–H and O–H groups in total. The fraction of sp³-hybridized carbons (Fsp3) is 0. The molecule has 0 fully saturated rings. The number of pyridine rings is 1. The lowest BCUT2D eigenvalue weighted by atomic mass is 9.88. The molecule has 8 aromatic carbocycles. The summed E-state index contributed by atoms with van der Waals surface area (Å²) in [4.78, 5) is 5.00. The molecule has 0 aliphatic carbocycles. The molecule has 2 heteroatoms. The highest BCUT2D eigenvalue weighted by Crippen LogP contribution is 2.43. The molecule has 0 unspecified atom stereocenters. The second kappa shape index (κ2) is 7.75. The van der Waals surface area contributed by atoms with Crippen LogP contribution in [-0.4, -0.2) is 4.98 Å². The van der Waals surface area contributed by atoms with Crippen molar-refractivity contribution in [2.24, 2.45) is 0 Å². The summed E-state index contributed by atoms with van der Waals surface area (Å²) in [5, 5.41) is 15.5. The van der Waals surface area contributed by atoms with Gasteiger partial charge in [-0.3, -0.25) is 0 Å². The van der Waals surface area contributed by atoms with Gasteiger partial charge in [-0.1, -0.05) is 103 Å². The van der Waals surface area contributed by atoms with Crippen LogP contribution in [0.2, 0.25) is 0 Å². The van der Waals surface area contributed by atoms with Crippen LogP contribution in [0.1, 0.15) is 0 Å². The molecule has 0 aliphatic rings. The molecular weight excluding hydrogens is 538 g/mol. The Kier molecular flexibility index (Phi) is 4.26. The van der Waals surface area contributed by atoms with Crippen LogP contribution in [0.25, 0.3) is 87.0 Å². The number of rotatable bonds is 2. The summed E-state index contributed by atoms with van der Waals surface area (Å²) in [6.45, 7) is 0. The summed E-state index contributed by atoms with van der Waals surface area (Å²) >= 11 is 3.77. The standard InChI is InChI=1S/C37H20BrN/c38-33-20-27(31-18-26-8-2-6-22-10-12-24-7-3-9-29(31)36(24)35(22)26)19-32(39-33)28-16-14-25-13-11-21-4-1-5-23-15-17-30(28)37(25)34(21)23/h1-20H. The van der Waals surface area contributed by atoms with E-state index in [-0.39, 0.29) is 0 Å². The van der Waals surface area contributed by atoms with Crippen molar-refractivity contribution in [3.05, 3.63) is 126 Å². The van der Waals surface area contributed by atoms with Crippen LogP contribution in [0, 0.1) is 0 Å². The molecule has 1 aromatic heterocycles. The first-order chi connectivity index (χ1) is 19.2. The predicted molar refractivity (Wildman–Crippen MR) is 170 cm³/mol. The largest absolute Gasteiger partial charge is 0.241 e. The van der Waals surface area contributed by atoms with E-state index >= 15 is 0 Å². The van der Waals surface area contributed by atoms with E-state index in [1.807, 2.05) is 0 Å². The van der Waals surface area contributed by atoms with E-state index in [1.54, 1.807) is 0 Å². The van der Waals surface area contributed by atoms with Crippen LogP contribution in [0.15, 0.2) is 126 Å². The molecule has 0 saturated carbocycles. The highest BCUT2D eigenvalue weighted by Gasteiger charge is 2.17. The highest BCUT2D eigenvalue weighted by atomic mass is 79.9. The zero-order chi connectivity index (χ0) is 25.7. The molecule has 0 saturated heterocycles. The third-order valence-electron chi connectivity index (χ3n) is 8.42. The molecule has 0 atom stereocenters. The van der Waals surface area contributed by atoms with E-state index in [1.165, 1.54) is 70.2 Å². The van der Waals surface area contributed by atoms with Gasteiger partial charge in [0.2, 0.25) is 0 Å². The third-order valence-corrected chi connectivity index (χ3v) is 8.82. The lowest BCUT2D eigenvalue weighted by molar-refractivity contribution is 1.28. The lowest BCUT2D eigenvalue weighted by Crippen LogP contribution is -1.92. The summed E-state index contributed by atoms with van der Waals surface area (Å²) in [6, 6.07) is 44.5. The number of hydrogen-bond donors (Lipinski definition) is 0. The lowest BCUT2D eigenvalue weighted by Gasteiger charge is -2.17. The van der Waals surface area contributed by atoms with Crippen molar-refractivity contribution in [1.82, 2.24) is 4.98 Å². The van der Waals surface area contributed by atoms with Gasteiger partial charge in [-0.2, -0.15) is 0 Å². The third kappa shape index (κ3) is 2.98. The van der Waals surface area contributed by atoms with Crippen LogP contribution < -0.4 is 0 Å². The maximum Gasteiger partial charge on any atom is 0.107 e. The van der Waals surface area contributed by atoms with Crippen LogP contribution in [0.3, 0.4) is 0 Å². The van der Waals surface area contributed by atoms with Crippen molar-refractivity contribution < 1.29 is 0 Å². The number of aromatic nitrogens is 1. The van der Waals surface area contributed by atoms with Gasteiger partial charge in [0.25, 0.3) is 0 Å². The van der Waals surface area contributed by atoms with Crippen molar-refractivity contribution in [2.75, 3.05) is 0 Å². The highest BCUT2D eigenvalue weighted by molar-refractivity contribution is 9.10. The fourth-order valence-electron chi connectivity index (χ4n) is 6.75. The van der Waals surface area contributed by atoms with Gasteiger partial charge in [0, 0.05) is 5.56 Å². The normalized spacial score (nSPS) is 12.2. The van der Waals surface area contributed by atoms with Gasteiger partial charge in [0.1, 0.15) is 4.60 Å². The Labute approximate surface area is 233 Å². The Morgan fingerprint density at radius 1 is 0.410 bits per heavy atom. The summed E-state index contributed by atoms with van der Waals surface area (Å²) in [5.41, 5.74) is 4.52. The average Bonchev–Trinajstić information content (AvgIpc) is 2.98. The first-order valence-electron chi connectivity index (χ1n) is 13.2. The number of nitrogens with zero attached hydrogens (tertiary/aromatic N) is 1. The summed E-state index contributed by atoms with van der Waals surface area (Å²) in [6.07, 6.45) is 0. The Morgan fingerprint density at radius 2 is 0.923 bits per heavy atom. The average molecular weight is 558 g/mol. The second-order valence-corrected chi connectivity index (χ2v) is 11.3. The Hall–Kier alpha value is -4.53. The molecule has 0 spiro atoms. The quantitative estimate of drug-likeness (QED) is 0.152. The van der Waals surface area contributed by atoms with Gasteiger partial charge in [0.15, 0.2) is 0 Å². The molecule has 9 rings (SSSR count). The van der Waals surface area contributed by atoms with Gasteiger partial charge in [-0.25, -0.2) is 4.98 Å². The monoisotopic (exact) mass is 557 g/mol. The van der Waals surface area contributed by atoms with E-state index in [4.69, 9.17) is 4.98 Å². The molecule has 9 aromatic rings. The Morgan fingerprint density at radius 3 is 1.64 bits per heavy atom. The van der Waals surface area contributed by atoms with Gasteiger partial charge in [-0.05, 0) is 110 Å². The maximum atomic E-state index is 5.00. The molecule has 0 amide bonds. The van der Waals surface area contributed by atoms with Gasteiger partial charge < -0.3 is 0 Å². The van der Waals surface area contributed by atoms with Crippen LogP contribution in [-0.2, 0) is 0 Å². The zero-order valence-electron chi connectivity index (χ0n) is 20.9. The summed E-state index contributed by atoms with van der Waals surface area (Å²) in [7, 11) is 0. The maximum absolute atomic E-state index is 5.00. The van der Waals surface area contributed by atoms with Crippen LogP contribution in [0.5, 0.6) is 0 Å². The van der Waals surface area contributed by atoms with Crippen molar-refractivity contribution in [3.8, 4) is 22.4 Å². The van der Waals surface area contributed by atoms with E-state index in [0.29, 0.717) is 0 Å². The number of hydrogen-bond acceptors (Lipinski definition) is 1. The first-order valence-corrected chi connectivity index (χ1v) is 14.0. The molecule has 0 bridgehead atoms. The number of benzene rings is 8. The fourth-order valence-corrected chi connectivity index (χ4v) is 7.19. The van der Waals surface area contributed by atoms with Crippen molar-refractivity contribution in [3.63, 3.8) is 0 Å². The molecule has 180 valence electrons. The van der Waals surface area contributed by atoms with Gasteiger partial charge in [-0.15, -0.1) is 0 Å². The van der Waals surface area contributed by atoms with Crippen molar-refractivity contribution >= 4 is 80.6 Å². The van der Waals surface area contributed by atoms with E-state index in [2.05, 4.69) is 137 Å². The van der Waals surface area contributed by atoms with E-state index in [9.17, 15) is 0 Å². The topological polar surface area (TPSA) is 12.9 Å². The van der Waals surface area contributed by atoms with Crippen LogP contribution >= 0.6 is 15.9 Å². The Bertz CT molecular complexity index is 2390. The number of halogens is 1. The first kappa shape index (κ1) is 21.4. The Balaban J connectivity index is 1.35. The SMILES string of the molecule is Brc1cc(-c2cc3cccc4ccc5cccc2c5c43)cc(-c2ccc3ccc4cccc5ccc2c3c45)n1. The summed E-state index contributed by atoms with van der Waals surface area (Å²) < 4.78 is 0.839. The molecular formula is C37H20BrN. The molecule has 0 radical (unpaired) electrons. The van der Waals surface area contributed by atoms with Crippen LogP contribution in [0.4, 0.5) is 0 Å². The molecule has 0 aliphatic heterocycles. The molecule has 39 heavy (non-hydrogen) atoms. The minimum Gasteiger partial charge on any atom is -0.241 e. The molecule has 1 heterocycles. The molecule has 1 nitrogen and oxygen atoms in total. The van der Waals surface area contributed by atoms with E-state index in [0.717, 1.165) is 21.4 Å². The van der Waals surface area contributed by atoms with Crippen molar-refractivity contribution in [2.45, 2.75) is 0 Å². The predicted octanol–water partition coefficient (Wildman–Crippen LogP) is 11.0. The van der Waals surface area contributed by atoms with Crippen molar-refractivity contribution in [1.29, 1.82) is 0 Å². The minimum absolute atomic E-state index is 0.839. The van der Waals surface area contributed by atoms with Gasteiger partial charge in [0.05, 0.1) is 5.69 Å². The van der Waals surface area contributed by atoms with Gasteiger partial charge >= 0.3 is 0 Å². The summed E-state index contributed by atoms with van der Waals surface area (Å²) in [5.74, 6) is 0. The second-order valence-electron chi connectivity index (χ2n) is 10.5. The smallest absolute Gasteiger partial charge is 0.107 e. The minimum atomic E-state index is 0.839. The van der Waals surface area contributed by atoms with E-state index < -0.39 is 0 Å².